The van der Waals surface area contributed by atoms with Crippen LogP contribution in [0.15, 0.2) is 134 Å². The molecular weight excluding hydrogens is 1540 g/mol. The highest BCUT2D eigenvalue weighted by atomic mass is 32.3. The molecule has 110 heavy (non-hydrogen) atoms. The summed E-state index contributed by atoms with van der Waals surface area (Å²) < 4.78 is 125. The predicted octanol–water partition coefficient (Wildman–Crippen LogP) is 6.80. The molecule has 5 aromatic carbocycles. The van der Waals surface area contributed by atoms with Gasteiger partial charge in [-0.25, -0.2) is 74.1 Å². The van der Waals surface area contributed by atoms with Crippen molar-refractivity contribution in [3.8, 4) is 41.1 Å². The number of rotatable bonds is 34. The molecule has 3 amide bonds. The Morgan fingerprint density at radius 1 is 0.609 bits per heavy atom. The zero-order valence-corrected chi connectivity index (χ0v) is 62.4. The van der Waals surface area contributed by atoms with E-state index in [0.29, 0.717) is 60.4 Å². The molecule has 8 rings (SSSR count). The number of alkyl halides is 3. The number of thiazole rings is 2. The van der Waals surface area contributed by atoms with E-state index in [9.17, 15) is 68.7 Å². The van der Waals surface area contributed by atoms with Crippen LogP contribution in [-0.4, -0.2) is 191 Å². The summed E-state index contributed by atoms with van der Waals surface area (Å²) in [4.78, 5) is 93.2. The molecule has 3 heterocycles. The highest BCUT2D eigenvalue weighted by Crippen LogP contribution is 2.30. The van der Waals surface area contributed by atoms with Crippen molar-refractivity contribution in [2.45, 2.75) is 85.6 Å². The number of hydrogen-bond donors (Lipinski definition) is 7. The summed E-state index contributed by atoms with van der Waals surface area (Å²) in [7, 11) is -5.21. The lowest BCUT2D eigenvalue weighted by atomic mass is 10.1. The third-order valence-electron chi connectivity index (χ3n) is 13.1. The van der Waals surface area contributed by atoms with Gasteiger partial charge in [-0.1, -0.05) is 57.8 Å². The number of aliphatic carboxylic acids is 2. The van der Waals surface area contributed by atoms with E-state index < -0.39 is 119 Å². The largest absolute Gasteiger partial charge is 0.491 e. The Hall–Kier alpha value is -12.1. The Morgan fingerprint density at radius 2 is 1.02 bits per heavy atom. The number of ether oxygens (including phenoxy) is 8. The SMILES string of the molecule is C#CCOc1ccc2nc(S(N)(=O)=O)sc2c1.COC(=O)[C@H](Cc1ccc(OCCF)cc1)NC(=O)CN=[N+]=[N-].COC(=O)[C@H](Cc1ccc(OCCF)cc1)NC(=O)OC(C)(C)C.NS(=O)(=O)c1nc2ccc(OCc3cn(CC(=O)N[C@@H](Cc4ccc(OCCF)cc4)C(=O)O)nn3)cc2s1.[N-]=[N+]=NCC(=O)O. The second-order valence-corrected chi connectivity index (χ2v) is 28.2. The van der Waals surface area contributed by atoms with Gasteiger partial charge in [0.25, 0.3) is 20.0 Å². The van der Waals surface area contributed by atoms with Gasteiger partial charge in [0, 0.05) is 29.1 Å². The van der Waals surface area contributed by atoms with E-state index in [1.165, 1.54) is 25.1 Å². The number of amides is 3. The van der Waals surface area contributed by atoms with Crippen molar-refractivity contribution in [3.63, 3.8) is 0 Å². The Bertz CT molecular complexity index is 4750. The number of azide groups is 2. The average molecular weight is 1610 g/mol. The first-order valence-electron chi connectivity index (χ1n) is 31.7. The molecule has 3 atom stereocenters. The van der Waals surface area contributed by atoms with Crippen LogP contribution in [0.2, 0.25) is 0 Å². The van der Waals surface area contributed by atoms with Gasteiger partial charge in [0.15, 0.2) is 0 Å². The minimum Gasteiger partial charge on any atom is -0.491 e. The molecule has 0 bridgehead atoms. The molecule has 0 aliphatic heterocycles. The average Bonchev–Trinajstić information content (AvgIpc) is 1.67. The third kappa shape index (κ3) is 34.2. The molecule has 590 valence electrons. The maximum atomic E-state index is 12.5. The van der Waals surface area contributed by atoms with Gasteiger partial charge in [-0.15, -0.1) is 34.2 Å². The van der Waals surface area contributed by atoms with Gasteiger partial charge in [0.1, 0.15) is 131 Å². The number of aromatic nitrogens is 5. The molecule has 0 spiro atoms. The first kappa shape index (κ1) is 90.3. The van der Waals surface area contributed by atoms with Crippen LogP contribution in [0, 0.1) is 12.3 Å². The summed E-state index contributed by atoms with van der Waals surface area (Å²) in [5.41, 5.74) is 18.6. The van der Waals surface area contributed by atoms with Gasteiger partial charge >= 0.3 is 30.0 Å². The number of sulfonamides is 2. The highest BCUT2D eigenvalue weighted by Gasteiger charge is 2.27. The van der Waals surface area contributed by atoms with Crippen LogP contribution in [0.5, 0.6) is 28.7 Å². The molecule has 0 unspecified atom stereocenters. The van der Waals surface area contributed by atoms with Crippen molar-refractivity contribution in [2.24, 2.45) is 20.5 Å². The maximum Gasteiger partial charge on any atom is 0.408 e. The number of carbonyl (C=O) groups excluding carboxylic acids is 5. The van der Waals surface area contributed by atoms with Crippen LogP contribution in [-0.2, 0) is 95.4 Å². The van der Waals surface area contributed by atoms with Crippen molar-refractivity contribution >= 4 is 105 Å². The van der Waals surface area contributed by atoms with E-state index in [-0.39, 0.29) is 67.5 Å². The Kier molecular flexibility index (Phi) is 37.9. The molecule has 0 aliphatic rings. The summed E-state index contributed by atoms with van der Waals surface area (Å²) in [6.45, 7) is 2.34. The van der Waals surface area contributed by atoms with Gasteiger partial charge in [-0.05, 0) is 121 Å². The van der Waals surface area contributed by atoms with Crippen LogP contribution in [0.25, 0.3) is 41.3 Å². The number of nitrogens with zero attached hydrogens (tertiary/aromatic N) is 11. The molecule has 8 aromatic rings. The Morgan fingerprint density at radius 3 is 1.40 bits per heavy atom. The summed E-state index contributed by atoms with van der Waals surface area (Å²) in [5.74, 6) is 0.182. The number of nitrogens with two attached hydrogens (primary N) is 2. The standard InChI is InChI=1S/C23H23FN6O7S2.C17H24FNO5.C14H17FN4O4.C10H8N2O3S2.C2H3N3O2/c24-7-8-36-16-3-1-14(2-4-16)9-19(22(32)33)26-21(31)12-30-11-15(28-29-30)13-37-17-5-6-18-20(10-17)38-23(27-18)39(25,34)35;1-17(2,3)24-16(21)19-14(15(20)22-4)11-12-5-7-13(8-6-12)23-10-9-18;1-22-14(21)12(18-13(20)9-17-19-16)8-10-2-4-11(5-3-10)23-7-6-15;1-2-5-15-7-3-4-8-9(6-7)16-10(12-8)17(11,13)14;3-5-4-1-2(6)7/h1-6,10-11,19H,7-9,12-13H2,(H,26,31)(H,32,33)(H2,25,34,35);5-8,14H,9-11H2,1-4H3,(H,19,21);2-5,12H,6-9H2,1H3,(H,18,20);1,3-4,6H,5H2,(H2,11,13,14);1H2,(H,6,7)/t19-;14-;12-;;/m000../s1. The monoisotopic (exact) mass is 1610 g/mol. The molecule has 0 fully saturated rings. The van der Waals surface area contributed by atoms with Crippen LogP contribution in [0.4, 0.5) is 18.0 Å². The fourth-order valence-electron chi connectivity index (χ4n) is 8.43. The summed E-state index contributed by atoms with van der Waals surface area (Å²) in [6, 6.07) is 26.9. The van der Waals surface area contributed by atoms with Crippen molar-refractivity contribution in [3.05, 3.63) is 159 Å². The number of methoxy groups -OCH3 is 2. The van der Waals surface area contributed by atoms with Crippen molar-refractivity contribution in [1.29, 1.82) is 0 Å². The minimum atomic E-state index is -3.91. The lowest BCUT2D eigenvalue weighted by molar-refractivity contribution is -0.145. The number of primary sulfonamides is 2. The number of fused-ring (bicyclic) bond motifs is 2. The predicted molar refractivity (Wildman–Crippen MR) is 390 cm³/mol. The van der Waals surface area contributed by atoms with E-state index in [0.717, 1.165) is 33.8 Å². The van der Waals surface area contributed by atoms with Crippen molar-refractivity contribution in [1.82, 2.24) is 40.9 Å². The van der Waals surface area contributed by atoms with E-state index in [1.807, 2.05) is 0 Å². The van der Waals surface area contributed by atoms with Crippen LogP contribution < -0.4 is 49.9 Å². The molecule has 37 nitrogen and oxygen atoms in total. The van der Waals surface area contributed by atoms with Crippen LogP contribution >= 0.6 is 22.7 Å². The zero-order valence-electron chi connectivity index (χ0n) is 59.2. The van der Waals surface area contributed by atoms with Gasteiger partial charge < -0.3 is 64.1 Å². The maximum absolute atomic E-state index is 12.5. The summed E-state index contributed by atoms with van der Waals surface area (Å²) in [6.07, 6.45) is 6.31. The van der Waals surface area contributed by atoms with Crippen LogP contribution in [0.1, 0.15) is 43.2 Å². The number of esters is 2. The smallest absolute Gasteiger partial charge is 0.408 e. The summed E-state index contributed by atoms with van der Waals surface area (Å²) >= 11 is 1.92. The third-order valence-corrected chi connectivity index (χ3v) is 17.7. The Labute approximate surface area is 634 Å². The lowest BCUT2D eigenvalue weighted by Gasteiger charge is -2.22. The van der Waals surface area contributed by atoms with Crippen molar-refractivity contribution < 1.29 is 112 Å². The Balaban J connectivity index is 0.000000313. The van der Waals surface area contributed by atoms with Crippen LogP contribution in [0.3, 0.4) is 0 Å². The molecule has 0 aliphatic carbocycles. The number of halogens is 3. The summed E-state index contributed by atoms with van der Waals surface area (Å²) in [5, 5.41) is 48.5. The number of hydrogen-bond acceptors (Lipinski definition) is 27. The van der Waals surface area contributed by atoms with E-state index >= 15 is 0 Å². The lowest BCUT2D eigenvalue weighted by Crippen LogP contribution is -2.45. The van der Waals surface area contributed by atoms with Crippen molar-refractivity contribution in [2.75, 3.05) is 73.8 Å². The first-order valence-corrected chi connectivity index (χ1v) is 36.4. The van der Waals surface area contributed by atoms with Gasteiger partial charge in [-0.3, -0.25) is 14.4 Å². The second-order valence-electron chi connectivity index (χ2n) is 22.6. The number of nitrogens with one attached hydrogen (secondary N) is 3. The topological polar surface area (TPSA) is 544 Å². The number of carboxylic acids is 2. The van der Waals surface area contributed by atoms with E-state index in [4.69, 9.17) is 66.0 Å². The van der Waals surface area contributed by atoms with E-state index in [1.54, 1.807) is 130 Å². The van der Waals surface area contributed by atoms with E-state index in [2.05, 4.69) is 66.9 Å². The fraction of sp³-hybridized carbons (Fsp3) is 0.348. The molecule has 3 aromatic heterocycles. The normalized spacial score (nSPS) is 11.5. The van der Waals surface area contributed by atoms with Gasteiger partial charge in [0.05, 0.1) is 40.8 Å². The fourth-order valence-corrected chi connectivity index (χ4v) is 11.8. The number of alkyl carbamates (subject to hydrolysis) is 1. The number of benzene rings is 5. The first-order chi connectivity index (χ1) is 52.2. The minimum absolute atomic E-state index is 0.00959. The molecule has 0 saturated carbocycles. The molecule has 0 saturated heterocycles. The highest BCUT2D eigenvalue weighted by molar-refractivity contribution is 7.91. The zero-order chi connectivity index (χ0) is 81.4. The van der Waals surface area contributed by atoms with Gasteiger partial charge in [-0.2, -0.15) is 0 Å². The quantitative estimate of drug-likeness (QED) is 0.00544. The number of carboxylic acid groups (broad SMARTS) is 2. The molecular formula is C66H75F3N16O21S4. The second kappa shape index (κ2) is 46.2. The molecule has 44 heteroatoms. The molecule has 0 radical (unpaired) electrons. The molecule has 9 N–H and O–H groups in total. The number of terminal acetylenes is 1. The number of carbonyl (C=O) groups is 7. The van der Waals surface area contributed by atoms with Gasteiger partial charge in [0.2, 0.25) is 20.5 Å².